The molecule has 5 nitrogen and oxygen atoms in total. The molecule has 0 aliphatic heterocycles. The number of ether oxygens (including phenoxy) is 2. The van der Waals surface area contributed by atoms with E-state index in [2.05, 4.69) is 5.32 Å². The third-order valence-electron chi connectivity index (χ3n) is 2.37. The number of aliphatic hydroxyl groups is 1. The molecule has 1 aromatic rings. The highest BCUT2D eigenvalue weighted by molar-refractivity contribution is 5.97. The Hall–Kier alpha value is -1.75. The number of carbonyl (C=O) groups is 1. The average Bonchev–Trinajstić information content (AvgIpc) is 2.32. The van der Waals surface area contributed by atoms with Crippen LogP contribution >= 0.6 is 0 Å². The fraction of sp³-hybridized carbons (Fsp3) is 0.500. The van der Waals surface area contributed by atoms with Crippen LogP contribution in [0.1, 0.15) is 27.7 Å². The van der Waals surface area contributed by atoms with Crippen molar-refractivity contribution < 1.29 is 19.4 Å². The molecular formula is C14H21NO4. The maximum absolute atomic E-state index is 11.8. The van der Waals surface area contributed by atoms with E-state index in [1.807, 2.05) is 13.8 Å². The van der Waals surface area contributed by atoms with E-state index >= 15 is 0 Å². The summed E-state index contributed by atoms with van der Waals surface area (Å²) in [7, 11) is 0. The molecule has 1 aromatic carbocycles. The maximum atomic E-state index is 11.8. The van der Waals surface area contributed by atoms with Crippen molar-refractivity contribution >= 4 is 11.6 Å². The zero-order chi connectivity index (χ0) is 14.5. The summed E-state index contributed by atoms with van der Waals surface area (Å²) >= 11 is 0. The Bertz CT molecular complexity index is 438. The molecule has 1 rings (SSSR count). The molecule has 106 valence electrons. The molecule has 0 aliphatic rings. The van der Waals surface area contributed by atoms with E-state index in [1.54, 1.807) is 18.2 Å². The molecule has 0 atom stereocenters. The lowest BCUT2D eigenvalue weighted by molar-refractivity contribution is -0.130. The van der Waals surface area contributed by atoms with Gasteiger partial charge < -0.3 is 19.9 Å². The number of carbonyl (C=O) groups excluding carboxylic acids is 1. The Labute approximate surface area is 113 Å². The smallest absolute Gasteiger partial charge is 0.255 e. The SMILES string of the molecule is CCOc1ccc(OCC)c(NC(=O)C(C)(C)O)c1. The fourth-order valence-corrected chi connectivity index (χ4v) is 1.42. The largest absolute Gasteiger partial charge is 0.494 e. The lowest BCUT2D eigenvalue weighted by Gasteiger charge is -2.19. The zero-order valence-electron chi connectivity index (χ0n) is 11.8. The molecule has 0 saturated heterocycles. The number of nitrogens with one attached hydrogen (secondary N) is 1. The van der Waals surface area contributed by atoms with Gasteiger partial charge in [-0.1, -0.05) is 0 Å². The molecule has 0 radical (unpaired) electrons. The summed E-state index contributed by atoms with van der Waals surface area (Å²) in [5.41, 5.74) is -0.967. The molecule has 0 heterocycles. The molecule has 0 spiro atoms. The van der Waals surface area contributed by atoms with Crippen LogP contribution in [-0.2, 0) is 4.79 Å². The van der Waals surface area contributed by atoms with Crippen LogP contribution in [0.25, 0.3) is 0 Å². The van der Waals surface area contributed by atoms with E-state index in [4.69, 9.17) is 9.47 Å². The van der Waals surface area contributed by atoms with Crippen LogP contribution in [0.2, 0.25) is 0 Å². The van der Waals surface area contributed by atoms with Crippen molar-refractivity contribution in [2.24, 2.45) is 0 Å². The summed E-state index contributed by atoms with van der Waals surface area (Å²) in [5, 5.41) is 12.3. The van der Waals surface area contributed by atoms with Crippen LogP contribution in [0.3, 0.4) is 0 Å². The van der Waals surface area contributed by atoms with E-state index in [-0.39, 0.29) is 0 Å². The van der Waals surface area contributed by atoms with Gasteiger partial charge in [0.15, 0.2) is 0 Å². The van der Waals surface area contributed by atoms with Gasteiger partial charge in [-0.05, 0) is 39.8 Å². The zero-order valence-corrected chi connectivity index (χ0v) is 11.8. The first kappa shape index (κ1) is 15.3. The van der Waals surface area contributed by atoms with Crippen LogP contribution in [0.4, 0.5) is 5.69 Å². The molecule has 2 N–H and O–H groups in total. The molecule has 0 unspecified atom stereocenters. The highest BCUT2D eigenvalue weighted by Gasteiger charge is 2.24. The Kier molecular flexibility index (Phi) is 5.18. The van der Waals surface area contributed by atoms with Gasteiger partial charge in [0.2, 0.25) is 0 Å². The molecule has 19 heavy (non-hydrogen) atoms. The minimum absolute atomic E-state index is 0.485. The van der Waals surface area contributed by atoms with Gasteiger partial charge in [0.05, 0.1) is 18.9 Å². The molecule has 0 aromatic heterocycles. The quantitative estimate of drug-likeness (QED) is 0.829. The monoisotopic (exact) mass is 267 g/mol. The van der Waals surface area contributed by atoms with Gasteiger partial charge in [0.25, 0.3) is 5.91 Å². The normalized spacial score (nSPS) is 11.0. The summed E-state index contributed by atoms with van der Waals surface area (Å²) in [5.74, 6) is 0.683. The van der Waals surface area contributed by atoms with Gasteiger partial charge in [-0.2, -0.15) is 0 Å². The lowest BCUT2D eigenvalue weighted by Crippen LogP contribution is -2.36. The van der Waals surface area contributed by atoms with Crippen molar-refractivity contribution in [1.82, 2.24) is 0 Å². The van der Waals surface area contributed by atoms with Crippen LogP contribution in [0.15, 0.2) is 18.2 Å². The fourth-order valence-electron chi connectivity index (χ4n) is 1.42. The van der Waals surface area contributed by atoms with Crippen LogP contribution in [0, 0.1) is 0 Å². The predicted molar refractivity (Wildman–Crippen MR) is 73.7 cm³/mol. The number of amides is 1. The second-order valence-electron chi connectivity index (χ2n) is 4.54. The van der Waals surface area contributed by atoms with E-state index in [1.165, 1.54) is 13.8 Å². The number of hydrogen-bond acceptors (Lipinski definition) is 4. The molecule has 0 bridgehead atoms. The molecule has 0 fully saturated rings. The van der Waals surface area contributed by atoms with E-state index in [9.17, 15) is 9.90 Å². The summed E-state index contributed by atoms with van der Waals surface area (Å²) < 4.78 is 10.8. The van der Waals surface area contributed by atoms with Crippen molar-refractivity contribution in [3.05, 3.63) is 18.2 Å². The van der Waals surface area contributed by atoms with Gasteiger partial charge >= 0.3 is 0 Å². The van der Waals surface area contributed by atoms with Crippen molar-refractivity contribution in [3.8, 4) is 11.5 Å². The highest BCUT2D eigenvalue weighted by Crippen LogP contribution is 2.30. The molecule has 0 saturated carbocycles. The number of anilines is 1. The van der Waals surface area contributed by atoms with Gasteiger partial charge in [-0.15, -0.1) is 0 Å². The Morgan fingerprint density at radius 3 is 2.42 bits per heavy atom. The minimum Gasteiger partial charge on any atom is -0.494 e. The van der Waals surface area contributed by atoms with Gasteiger partial charge in [0.1, 0.15) is 17.1 Å². The van der Waals surface area contributed by atoms with E-state index < -0.39 is 11.5 Å². The van der Waals surface area contributed by atoms with Crippen molar-refractivity contribution in [1.29, 1.82) is 0 Å². The van der Waals surface area contributed by atoms with Gasteiger partial charge in [0, 0.05) is 6.07 Å². The number of rotatable bonds is 6. The third-order valence-corrected chi connectivity index (χ3v) is 2.37. The van der Waals surface area contributed by atoms with Crippen LogP contribution in [0.5, 0.6) is 11.5 Å². The number of hydrogen-bond donors (Lipinski definition) is 2. The summed E-state index contributed by atoms with van der Waals surface area (Å²) in [4.78, 5) is 11.8. The van der Waals surface area contributed by atoms with E-state index in [0.717, 1.165) is 0 Å². The van der Waals surface area contributed by atoms with E-state index in [0.29, 0.717) is 30.4 Å². The second-order valence-corrected chi connectivity index (χ2v) is 4.54. The Morgan fingerprint density at radius 2 is 1.89 bits per heavy atom. The second kappa shape index (κ2) is 6.43. The van der Waals surface area contributed by atoms with Gasteiger partial charge in [-0.3, -0.25) is 4.79 Å². The van der Waals surface area contributed by atoms with Gasteiger partial charge in [-0.25, -0.2) is 0 Å². The lowest BCUT2D eigenvalue weighted by atomic mass is 10.1. The summed E-state index contributed by atoms with van der Waals surface area (Å²) in [6.45, 7) is 7.61. The minimum atomic E-state index is -1.45. The summed E-state index contributed by atoms with van der Waals surface area (Å²) in [6.07, 6.45) is 0. The van der Waals surface area contributed by atoms with Crippen LogP contribution < -0.4 is 14.8 Å². The van der Waals surface area contributed by atoms with Crippen molar-refractivity contribution in [2.75, 3.05) is 18.5 Å². The molecule has 1 amide bonds. The number of benzene rings is 1. The first-order chi connectivity index (χ1) is 8.88. The third kappa shape index (κ3) is 4.44. The molecule has 5 heteroatoms. The average molecular weight is 267 g/mol. The van der Waals surface area contributed by atoms with Crippen molar-refractivity contribution in [2.45, 2.75) is 33.3 Å². The first-order valence-electron chi connectivity index (χ1n) is 6.32. The predicted octanol–water partition coefficient (Wildman–Crippen LogP) is 2.19. The Balaban J connectivity index is 3.00. The topological polar surface area (TPSA) is 67.8 Å². The molecule has 0 aliphatic carbocycles. The highest BCUT2D eigenvalue weighted by atomic mass is 16.5. The molecular weight excluding hydrogens is 246 g/mol. The van der Waals surface area contributed by atoms with Crippen molar-refractivity contribution in [3.63, 3.8) is 0 Å². The standard InChI is InChI=1S/C14H21NO4/c1-5-18-10-7-8-12(19-6-2)11(9-10)15-13(16)14(3,4)17/h7-9,17H,5-6H2,1-4H3,(H,15,16). The van der Waals surface area contributed by atoms with Crippen LogP contribution in [-0.4, -0.2) is 29.8 Å². The maximum Gasteiger partial charge on any atom is 0.255 e. The Morgan fingerprint density at radius 1 is 1.26 bits per heavy atom. The first-order valence-corrected chi connectivity index (χ1v) is 6.32. The summed E-state index contributed by atoms with van der Waals surface area (Å²) in [6, 6.07) is 5.18.